The van der Waals surface area contributed by atoms with Crippen molar-refractivity contribution < 1.29 is 0 Å². The Morgan fingerprint density at radius 2 is 2.05 bits per heavy atom. The molecule has 0 aliphatic heterocycles. The van der Waals surface area contributed by atoms with Crippen LogP contribution >= 0.6 is 11.3 Å². The molecule has 19 heavy (non-hydrogen) atoms. The van der Waals surface area contributed by atoms with Crippen LogP contribution < -0.4 is 5.32 Å². The summed E-state index contributed by atoms with van der Waals surface area (Å²) in [7, 11) is 0. The molecule has 104 valence electrons. The van der Waals surface area contributed by atoms with Gasteiger partial charge in [-0.05, 0) is 52.3 Å². The van der Waals surface area contributed by atoms with Crippen molar-refractivity contribution in [3.63, 3.8) is 0 Å². The van der Waals surface area contributed by atoms with Gasteiger partial charge in [0.2, 0.25) is 0 Å². The summed E-state index contributed by atoms with van der Waals surface area (Å²) in [5.41, 5.74) is 2.51. The Morgan fingerprint density at radius 3 is 2.58 bits per heavy atom. The van der Waals surface area contributed by atoms with Gasteiger partial charge < -0.3 is 5.32 Å². The first-order valence-corrected chi connectivity index (χ1v) is 7.63. The highest BCUT2D eigenvalue weighted by atomic mass is 32.1. The molecule has 0 fully saturated rings. The van der Waals surface area contributed by atoms with Gasteiger partial charge in [0.15, 0.2) is 0 Å². The molecule has 0 spiro atoms. The lowest BCUT2D eigenvalue weighted by atomic mass is 10.1. The van der Waals surface area contributed by atoms with E-state index in [4.69, 9.17) is 0 Å². The van der Waals surface area contributed by atoms with Crippen LogP contribution in [0, 0.1) is 13.8 Å². The van der Waals surface area contributed by atoms with Crippen LogP contribution in [-0.2, 0) is 6.54 Å². The van der Waals surface area contributed by atoms with E-state index in [-0.39, 0.29) is 0 Å². The summed E-state index contributed by atoms with van der Waals surface area (Å²) < 4.78 is 2.00. The third kappa shape index (κ3) is 3.45. The molecule has 1 N–H and O–H groups in total. The smallest absolute Gasteiger partial charge is 0.0762 e. The number of thiophene rings is 1. The highest BCUT2D eigenvalue weighted by Crippen LogP contribution is 2.26. The van der Waals surface area contributed by atoms with Gasteiger partial charge in [0, 0.05) is 34.6 Å². The maximum Gasteiger partial charge on any atom is 0.0762 e. The van der Waals surface area contributed by atoms with Crippen LogP contribution in [0.2, 0.25) is 0 Å². The van der Waals surface area contributed by atoms with E-state index in [2.05, 4.69) is 57.2 Å². The molecule has 0 saturated carbocycles. The molecule has 1 unspecified atom stereocenters. The second kappa shape index (κ2) is 5.88. The first-order chi connectivity index (χ1) is 8.97. The maximum atomic E-state index is 4.56. The van der Waals surface area contributed by atoms with E-state index in [1.165, 1.54) is 15.3 Å². The Balaban J connectivity index is 1.96. The average molecular weight is 277 g/mol. The highest BCUT2D eigenvalue weighted by molar-refractivity contribution is 7.12. The van der Waals surface area contributed by atoms with Crippen LogP contribution in [0.1, 0.15) is 53.9 Å². The number of rotatable bonds is 5. The number of hydrogen-bond acceptors (Lipinski definition) is 3. The molecule has 0 bridgehead atoms. The zero-order chi connectivity index (χ0) is 14.0. The van der Waals surface area contributed by atoms with Crippen LogP contribution in [-0.4, -0.2) is 9.78 Å². The van der Waals surface area contributed by atoms with Gasteiger partial charge in [-0.2, -0.15) is 5.10 Å². The minimum Gasteiger partial charge on any atom is -0.304 e. The Hall–Kier alpha value is -1.13. The van der Waals surface area contributed by atoms with Crippen molar-refractivity contribution in [1.82, 2.24) is 15.1 Å². The number of aromatic nitrogens is 2. The number of nitrogens with zero attached hydrogens (tertiary/aromatic N) is 2. The number of nitrogens with one attached hydrogen (secondary N) is 1. The Kier molecular flexibility index (Phi) is 4.42. The van der Waals surface area contributed by atoms with Gasteiger partial charge in [-0.1, -0.05) is 0 Å². The quantitative estimate of drug-likeness (QED) is 0.895. The molecule has 0 aromatic carbocycles. The molecule has 0 aliphatic carbocycles. The fraction of sp³-hybridized carbons (Fsp3) is 0.533. The minimum absolute atomic E-state index is 0.370. The molecule has 0 radical (unpaired) electrons. The van der Waals surface area contributed by atoms with Gasteiger partial charge in [0.05, 0.1) is 5.69 Å². The molecular weight excluding hydrogens is 254 g/mol. The Bertz CT molecular complexity index is 539. The van der Waals surface area contributed by atoms with Gasteiger partial charge in [-0.25, -0.2) is 0 Å². The van der Waals surface area contributed by atoms with Crippen molar-refractivity contribution in [3.8, 4) is 0 Å². The molecule has 2 rings (SSSR count). The molecule has 0 aliphatic rings. The van der Waals surface area contributed by atoms with E-state index in [9.17, 15) is 0 Å². The average Bonchev–Trinajstić information content (AvgIpc) is 2.93. The Morgan fingerprint density at radius 1 is 1.32 bits per heavy atom. The van der Waals surface area contributed by atoms with Gasteiger partial charge in [-0.3, -0.25) is 4.68 Å². The molecule has 2 aromatic rings. The molecule has 0 saturated heterocycles. The second-order valence-electron chi connectivity index (χ2n) is 5.35. The Labute approximate surface area is 119 Å². The zero-order valence-electron chi connectivity index (χ0n) is 12.4. The third-order valence-corrected chi connectivity index (χ3v) is 4.31. The molecule has 4 heteroatoms. The standard InChI is InChI=1S/C15H23N3S/c1-10(2)18-7-6-14(17-18)9-16-12(4)15-8-11(3)19-13(15)5/h6-8,10,12,16H,9H2,1-5H3. The summed E-state index contributed by atoms with van der Waals surface area (Å²) >= 11 is 1.87. The molecular formula is C15H23N3S. The summed E-state index contributed by atoms with van der Waals surface area (Å²) in [6, 6.07) is 5.16. The topological polar surface area (TPSA) is 29.9 Å². The molecule has 1 atom stereocenters. The second-order valence-corrected chi connectivity index (χ2v) is 6.81. The monoisotopic (exact) mass is 277 g/mol. The van der Waals surface area contributed by atoms with Crippen LogP contribution in [0.5, 0.6) is 0 Å². The SMILES string of the molecule is Cc1cc(C(C)NCc2ccn(C(C)C)n2)c(C)s1. The van der Waals surface area contributed by atoms with Crippen molar-refractivity contribution in [2.45, 2.75) is 53.2 Å². The number of aryl methyl sites for hydroxylation is 2. The molecule has 0 amide bonds. The lowest BCUT2D eigenvalue weighted by molar-refractivity contribution is 0.512. The minimum atomic E-state index is 0.370. The van der Waals surface area contributed by atoms with Crippen molar-refractivity contribution >= 4 is 11.3 Å². The fourth-order valence-corrected chi connectivity index (χ4v) is 3.23. The summed E-state index contributed by atoms with van der Waals surface area (Å²) in [5.74, 6) is 0. The lowest BCUT2D eigenvalue weighted by Gasteiger charge is -2.13. The third-order valence-electron chi connectivity index (χ3n) is 3.33. The van der Waals surface area contributed by atoms with E-state index in [0.29, 0.717) is 12.1 Å². The van der Waals surface area contributed by atoms with Crippen LogP contribution in [0.25, 0.3) is 0 Å². The highest BCUT2D eigenvalue weighted by Gasteiger charge is 2.11. The zero-order valence-corrected chi connectivity index (χ0v) is 13.2. The van der Waals surface area contributed by atoms with Gasteiger partial charge in [0.25, 0.3) is 0 Å². The van der Waals surface area contributed by atoms with Gasteiger partial charge in [-0.15, -0.1) is 11.3 Å². The van der Waals surface area contributed by atoms with Crippen LogP contribution in [0.15, 0.2) is 18.3 Å². The summed E-state index contributed by atoms with van der Waals surface area (Å²) in [6.45, 7) is 11.7. The van der Waals surface area contributed by atoms with Gasteiger partial charge in [0.1, 0.15) is 0 Å². The summed E-state index contributed by atoms with van der Waals surface area (Å²) in [5, 5.41) is 8.11. The van der Waals surface area contributed by atoms with Gasteiger partial charge >= 0.3 is 0 Å². The van der Waals surface area contributed by atoms with Crippen LogP contribution in [0.4, 0.5) is 0 Å². The van der Waals surface area contributed by atoms with Crippen LogP contribution in [0.3, 0.4) is 0 Å². The predicted molar refractivity (Wildman–Crippen MR) is 81.7 cm³/mol. The van der Waals surface area contributed by atoms with E-state index >= 15 is 0 Å². The van der Waals surface area contributed by atoms with Crippen molar-refractivity contribution in [3.05, 3.63) is 39.3 Å². The van der Waals surface area contributed by atoms with Crippen molar-refractivity contribution in [2.24, 2.45) is 0 Å². The van der Waals surface area contributed by atoms with Crippen molar-refractivity contribution in [2.75, 3.05) is 0 Å². The van der Waals surface area contributed by atoms with Crippen molar-refractivity contribution in [1.29, 1.82) is 0 Å². The molecule has 3 nitrogen and oxygen atoms in total. The summed E-state index contributed by atoms with van der Waals surface area (Å²) in [6.07, 6.45) is 2.05. The largest absolute Gasteiger partial charge is 0.304 e. The van der Waals surface area contributed by atoms with E-state index < -0.39 is 0 Å². The number of hydrogen-bond donors (Lipinski definition) is 1. The maximum absolute atomic E-state index is 4.56. The van der Waals surface area contributed by atoms with E-state index in [1.807, 2.05) is 22.2 Å². The predicted octanol–water partition coefficient (Wildman–Crippen LogP) is 3.99. The normalized spacial score (nSPS) is 13.2. The molecule has 2 heterocycles. The lowest BCUT2D eigenvalue weighted by Crippen LogP contribution is -2.18. The summed E-state index contributed by atoms with van der Waals surface area (Å²) in [4.78, 5) is 2.79. The fourth-order valence-electron chi connectivity index (χ4n) is 2.21. The van der Waals surface area contributed by atoms with E-state index in [0.717, 1.165) is 12.2 Å². The molecule has 2 aromatic heterocycles. The van der Waals surface area contributed by atoms with E-state index in [1.54, 1.807) is 0 Å². The first kappa shape index (κ1) is 14.3. The first-order valence-electron chi connectivity index (χ1n) is 6.81.